The molecule has 3 aromatic rings. The first-order valence-corrected chi connectivity index (χ1v) is 9.57. The molecule has 1 saturated heterocycles. The molecule has 1 atom stereocenters. The van der Waals surface area contributed by atoms with Gasteiger partial charge in [0.2, 0.25) is 0 Å². The number of nitrogens with one attached hydrogen (secondary N) is 1. The summed E-state index contributed by atoms with van der Waals surface area (Å²) >= 11 is 0. The van der Waals surface area contributed by atoms with Crippen molar-refractivity contribution in [3.63, 3.8) is 0 Å². The Labute approximate surface area is 169 Å². The van der Waals surface area contributed by atoms with Crippen LogP contribution in [0.3, 0.4) is 0 Å². The number of halogens is 1. The third-order valence-electron chi connectivity index (χ3n) is 5.20. The van der Waals surface area contributed by atoms with Gasteiger partial charge in [-0.15, -0.1) is 0 Å². The number of anilines is 3. The molecule has 6 heteroatoms. The van der Waals surface area contributed by atoms with E-state index in [2.05, 4.69) is 10.2 Å². The first-order valence-electron chi connectivity index (χ1n) is 9.57. The number of benzene rings is 3. The van der Waals surface area contributed by atoms with E-state index in [0.29, 0.717) is 16.9 Å². The van der Waals surface area contributed by atoms with E-state index < -0.39 is 0 Å². The van der Waals surface area contributed by atoms with E-state index in [1.165, 1.54) is 12.1 Å². The van der Waals surface area contributed by atoms with E-state index >= 15 is 0 Å². The van der Waals surface area contributed by atoms with E-state index in [1.54, 1.807) is 36.4 Å². The molecule has 0 radical (unpaired) electrons. The fourth-order valence-corrected chi connectivity index (χ4v) is 3.53. The summed E-state index contributed by atoms with van der Waals surface area (Å²) in [6, 6.07) is 19.2. The minimum absolute atomic E-state index is 0.203. The summed E-state index contributed by atoms with van der Waals surface area (Å²) in [4.78, 5) is 14.9. The van der Waals surface area contributed by atoms with Gasteiger partial charge >= 0.3 is 0 Å². The number of rotatable bonds is 4. The van der Waals surface area contributed by atoms with Crippen LogP contribution in [0.4, 0.5) is 21.5 Å². The minimum atomic E-state index is -0.294. The highest BCUT2D eigenvalue weighted by Crippen LogP contribution is 2.28. The average molecular weight is 390 g/mol. The molecule has 0 saturated carbocycles. The van der Waals surface area contributed by atoms with E-state index in [-0.39, 0.29) is 17.8 Å². The largest absolute Gasteiger partial charge is 0.397 e. The molecule has 3 aromatic carbocycles. The predicted octanol–water partition coefficient (Wildman–Crippen LogP) is 3.86. The highest BCUT2D eigenvalue weighted by Gasteiger charge is 2.19. The summed E-state index contributed by atoms with van der Waals surface area (Å²) in [6.07, 6.45) is 0.978. The number of nitrogens with zero attached hydrogens (tertiary/aromatic N) is 1. The summed E-state index contributed by atoms with van der Waals surface area (Å²) in [6.45, 7) is 1.76. The van der Waals surface area contributed by atoms with Gasteiger partial charge in [-0.2, -0.15) is 0 Å². The molecule has 1 aliphatic heterocycles. The molecule has 5 nitrogen and oxygen atoms in total. The van der Waals surface area contributed by atoms with Crippen LogP contribution in [0.5, 0.6) is 0 Å². The zero-order chi connectivity index (χ0) is 20.4. The van der Waals surface area contributed by atoms with Crippen LogP contribution in [0.15, 0.2) is 66.7 Å². The second kappa shape index (κ2) is 7.93. The third-order valence-corrected chi connectivity index (χ3v) is 5.20. The van der Waals surface area contributed by atoms with Crippen LogP contribution in [-0.2, 0) is 0 Å². The molecule has 1 fully saturated rings. The topological polar surface area (TPSA) is 84.4 Å². The van der Waals surface area contributed by atoms with Gasteiger partial charge in [0.15, 0.2) is 0 Å². The first kappa shape index (κ1) is 19.0. The van der Waals surface area contributed by atoms with Crippen molar-refractivity contribution in [2.45, 2.75) is 12.5 Å². The monoisotopic (exact) mass is 390 g/mol. The Balaban J connectivity index is 1.50. The summed E-state index contributed by atoms with van der Waals surface area (Å²) < 4.78 is 13.2. The molecule has 1 aliphatic rings. The van der Waals surface area contributed by atoms with Gasteiger partial charge in [-0.05, 0) is 66.1 Å². The Bertz CT molecular complexity index is 1020. The zero-order valence-corrected chi connectivity index (χ0v) is 15.9. The van der Waals surface area contributed by atoms with Crippen LogP contribution >= 0.6 is 0 Å². The van der Waals surface area contributed by atoms with Crippen molar-refractivity contribution in [3.8, 4) is 11.1 Å². The molecule has 0 aromatic heterocycles. The quantitative estimate of drug-likeness (QED) is 0.591. The van der Waals surface area contributed by atoms with Gasteiger partial charge in [-0.25, -0.2) is 4.39 Å². The van der Waals surface area contributed by atoms with Crippen molar-refractivity contribution in [2.75, 3.05) is 29.0 Å². The maximum atomic E-state index is 13.2. The molecule has 0 bridgehead atoms. The van der Waals surface area contributed by atoms with Crippen LogP contribution in [0.25, 0.3) is 11.1 Å². The lowest BCUT2D eigenvalue weighted by Gasteiger charge is -2.18. The van der Waals surface area contributed by atoms with Crippen LogP contribution in [0, 0.1) is 5.82 Å². The molecule has 4 rings (SSSR count). The molecule has 29 heavy (non-hydrogen) atoms. The third kappa shape index (κ3) is 4.22. The number of nitrogen functional groups attached to an aromatic ring is 1. The second-order valence-electron chi connectivity index (χ2n) is 7.30. The Morgan fingerprint density at radius 1 is 1.00 bits per heavy atom. The van der Waals surface area contributed by atoms with Crippen molar-refractivity contribution in [1.29, 1.82) is 0 Å². The van der Waals surface area contributed by atoms with Gasteiger partial charge < -0.3 is 21.7 Å². The van der Waals surface area contributed by atoms with Crippen molar-refractivity contribution in [3.05, 3.63) is 78.1 Å². The van der Waals surface area contributed by atoms with Crippen LogP contribution in [-0.4, -0.2) is 25.0 Å². The second-order valence-corrected chi connectivity index (χ2v) is 7.30. The zero-order valence-electron chi connectivity index (χ0n) is 15.9. The van der Waals surface area contributed by atoms with Gasteiger partial charge in [0, 0.05) is 30.4 Å². The van der Waals surface area contributed by atoms with E-state index in [4.69, 9.17) is 11.5 Å². The van der Waals surface area contributed by atoms with E-state index in [0.717, 1.165) is 36.3 Å². The van der Waals surface area contributed by atoms with Crippen LogP contribution < -0.4 is 21.7 Å². The lowest BCUT2D eigenvalue weighted by atomic mass is 10.0. The molecule has 1 heterocycles. The first-order chi connectivity index (χ1) is 14.0. The van der Waals surface area contributed by atoms with Gasteiger partial charge in [0.25, 0.3) is 5.91 Å². The Morgan fingerprint density at radius 2 is 1.69 bits per heavy atom. The Hall–Kier alpha value is -3.38. The normalized spacial score (nSPS) is 16.1. The number of carbonyl (C=O) groups excluding carboxylic acids is 1. The van der Waals surface area contributed by atoms with Crippen LogP contribution in [0.1, 0.15) is 16.8 Å². The predicted molar refractivity (Wildman–Crippen MR) is 115 cm³/mol. The molecular formula is C23H23FN4O. The fourth-order valence-electron chi connectivity index (χ4n) is 3.53. The maximum absolute atomic E-state index is 13.2. The number of hydrogen-bond acceptors (Lipinski definition) is 4. The van der Waals surface area contributed by atoms with E-state index in [9.17, 15) is 9.18 Å². The minimum Gasteiger partial charge on any atom is -0.397 e. The molecule has 0 spiro atoms. The van der Waals surface area contributed by atoms with Gasteiger partial charge in [0.05, 0.1) is 11.4 Å². The molecule has 1 amide bonds. The highest BCUT2D eigenvalue weighted by molar-refractivity contribution is 6.06. The highest BCUT2D eigenvalue weighted by atomic mass is 19.1. The van der Waals surface area contributed by atoms with Gasteiger partial charge in [-0.3, -0.25) is 4.79 Å². The van der Waals surface area contributed by atoms with Crippen LogP contribution in [0.2, 0.25) is 0 Å². The summed E-state index contributed by atoms with van der Waals surface area (Å²) in [5.41, 5.74) is 16.3. The standard InChI is InChI=1S/C23H23FN4O/c24-18-6-1-15(2-7-18)17-5-10-21(26)22(13-17)27-23(29)16-3-8-20(9-4-16)28-12-11-19(25)14-28/h1-10,13,19H,11-12,14,25-26H2,(H,27,29). The average Bonchev–Trinajstić information content (AvgIpc) is 3.17. The number of hydrogen-bond donors (Lipinski definition) is 3. The number of nitrogens with two attached hydrogens (primary N) is 2. The smallest absolute Gasteiger partial charge is 0.255 e. The Kier molecular flexibility index (Phi) is 5.18. The maximum Gasteiger partial charge on any atom is 0.255 e. The van der Waals surface area contributed by atoms with Gasteiger partial charge in [0.1, 0.15) is 5.82 Å². The van der Waals surface area contributed by atoms with Gasteiger partial charge in [-0.1, -0.05) is 18.2 Å². The lowest BCUT2D eigenvalue weighted by molar-refractivity contribution is 0.102. The molecular weight excluding hydrogens is 367 g/mol. The van der Waals surface area contributed by atoms with Crippen molar-refractivity contribution >= 4 is 23.0 Å². The molecule has 148 valence electrons. The fraction of sp³-hybridized carbons (Fsp3) is 0.174. The number of carbonyl (C=O) groups is 1. The van der Waals surface area contributed by atoms with Crippen molar-refractivity contribution < 1.29 is 9.18 Å². The molecule has 0 aliphatic carbocycles. The number of amides is 1. The van der Waals surface area contributed by atoms with E-state index in [1.807, 2.05) is 18.2 Å². The SMILES string of the molecule is Nc1ccc(-c2ccc(F)cc2)cc1NC(=O)c1ccc(N2CCC(N)C2)cc1. The molecule has 1 unspecified atom stereocenters. The Morgan fingerprint density at radius 3 is 2.34 bits per heavy atom. The summed E-state index contributed by atoms with van der Waals surface area (Å²) in [5, 5.41) is 2.87. The van der Waals surface area contributed by atoms with Crippen molar-refractivity contribution in [1.82, 2.24) is 0 Å². The van der Waals surface area contributed by atoms with Crippen molar-refractivity contribution in [2.24, 2.45) is 5.73 Å². The summed E-state index contributed by atoms with van der Waals surface area (Å²) in [7, 11) is 0. The summed E-state index contributed by atoms with van der Waals surface area (Å²) in [5.74, 6) is -0.533. The molecule has 5 N–H and O–H groups in total. The lowest BCUT2D eigenvalue weighted by Crippen LogP contribution is -2.26.